The molecule has 5 nitrogen and oxygen atoms in total. The Hall–Kier alpha value is -0.370. The maximum atomic E-state index is 5.48. The van der Waals surface area contributed by atoms with Crippen LogP contribution in [0.15, 0.2) is 4.34 Å². The summed E-state index contributed by atoms with van der Waals surface area (Å²) in [6, 6.07) is 0. The molecule has 0 atom stereocenters. The van der Waals surface area contributed by atoms with Crippen LogP contribution in [0.2, 0.25) is 0 Å². The van der Waals surface area contributed by atoms with Gasteiger partial charge in [-0.3, -0.25) is 0 Å². The summed E-state index contributed by atoms with van der Waals surface area (Å²) in [4.78, 5) is 4.79. The summed E-state index contributed by atoms with van der Waals surface area (Å²) in [6.07, 6.45) is 0. The van der Waals surface area contributed by atoms with E-state index in [1.165, 1.54) is 0 Å². The number of hydrogen-bond acceptors (Lipinski definition) is 7. The Morgan fingerprint density at radius 2 is 2.06 bits per heavy atom. The largest absolute Gasteiger partial charge is 0.344 e. The minimum absolute atomic E-state index is 0.689. The van der Waals surface area contributed by atoms with E-state index in [-0.39, 0.29) is 0 Å². The van der Waals surface area contributed by atoms with Crippen LogP contribution in [0.3, 0.4) is 0 Å². The molecule has 2 heterocycles. The molecule has 0 bridgehead atoms. The average Bonchev–Trinajstić information content (AvgIpc) is 2.85. The first-order chi connectivity index (χ1) is 8.33. The molecule has 1 aromatic heterocycles. The van der Waals surface area contributed by atoms with Crippen LogP contribution in [0, 0.1) is 0 Å². The van der Waals surface area contributed by atoms with Crippen LogP contribution < -0.4 is 10.6 Å². The highest BCUT2D eigenvalue weighted by Gasteiger charge is 2.18. The summed E-state index contributed by atoms with van der Waals surface area (Å²) >= 11 is 3.37. The lowest BCUT2D eigenvalue weighted by Gasteiger charge is -2.33. The van der Waals surface area contributed by atoms with Crippen molar-refractivity contribution in [1.82, 2.24) is 15.1 Å². The zero-order valence-corrected chi connectivity index (χ0v) is 11.8. The van der Waals surface area contributed by atoms with Gasteiger partial charge in [0.05, 0.1) is 0 Å². The molecule has 7 heteroatoms. The zero-order valence-electron chi connectivity index (χ0n) is 10.1. The van der Waals surface area contributed by atoms with Gasteiger partial charge in [-0.2, -0.15) is 0 Å². The van der Waals surface area contributed by atoms with Crippen molar-refractivity contribution in [2.45, 2.75) is 11.3 Å². The molecule has 1 aromatic rings. The Balaban J connectivity index is 1.87. The zero-order chi connectivity index (χ0) is 12.1. The molecule has 1 saturated heterocycles. The molecule has 0 amide bonds. The van der Waals surface area contributed by atoms with Gasteiger partial charge in [0.1, 0.15) is 0 Å². The minimum atomic E-state index is 0.689. The predicted molar refractivity (Wildman–Crippen MR) is 74.0 cm³/mol. The molecule has 0 radical (unpaired) electrons. The molecule has 2 N–H and O–H groups in total. The molecule has 1 fully saturated rings. The van der Waals surface area contributed by atoms with Crippen molar-refractivity contribution >= 4 is 28.2 Å². The second-order valence-corrected chi connectivity index (χ2v) is 6.21. The summed E-state index contributed by atoms with van der Waals surface area (Å²) in [5, 5.41) is 9.50. The number of aromatic nitrogens is 2. The highest BCUT2D eigenvalue weighted by molar-refractivity contribution is 8.01. The SMILES string of the molecule is CCN1CCN(c2nnc(SCCN)s2)CC1. The van der Waals surface area contributed by atoms with Crippen molar-refractivity contribution in [3.63, 3.8) is 0 Å². The lowest BCUT2D eigenvalue weighted by atomic mass is 10.3. The standard InChI is InChI=1S/C10H19N5S2/c1-2-14-4-6-15(7-5-14)9-12-13-10(17-9)16-8-3-11/h2-8,11H2,1H3. The number of anilines is 1. The van der Waals surface area contributed by atoms with E-state index < -0.39 is 0 Å². The number of nitrogens with two attached hydrogens (primary N) is 1. The van der Waals surface area contributed by atoms with Crippen LogP contribution in [0.25, 0.3) is 0 Å². The molecule has 0 unspecified atom stereocenters. The Labute approximate surface area is 110 Å². The Kier molecular flexibility index (Phi) is 5.02. The molecule has 17 heavy (non-hydrogen) atoms. The second-order valence-electron chi connectivity index (χ2n) is 3.91. The van der Waals surface area contributed by atoms with Crippen LogP contribution in [0.4, 0.5) is 5.13 Å². The minimum Gasteiger partial charge on any atom is -0.344 e. The summed E-state index contributed by atoms with van der Waals surface area (Å²) in [6.45, 7) is 8.41. The highest BCUT2D eigenvalue weighted by Crippen LogP contribution is 2.28. The highest BCUT2D eigenvalue weighted by atomic mass is 32.2. The molecule has 1 aliphatic rings. The fourth-order valence-electron chi connectivity index (χ4n) is 1.79. The Morgan fingerprint density at radius 1 is 1.29 bits per heavy atom. The summed E-state index contributed by atoms with van der Waals surface area (Å²) < 4.78 is 1.03. The third kappa shape index (κ3) is 3.54. The third-order valence-corrected chi connectivity index (χ3v) is 4.98. The number of piperazine rings is 1. The number of thioether (sulfide) groups is 1. The van der Waals surface area contributed by atoms with Crippen LogP contribution in [0.5, 0.6) is 0 Å². The quantitative estimate of drug-likeness (QED) is 0.798. The van der Waals surface area contributed by atoms with Gasteiger partial charge in [-0.05, 0) is 6.54 Å². The predicted octanol–water partition coefficient (Wildman–Crippen LogP) is 0.731. The van der Waals surface area contributed by atoms with Crippen LogP contribution in [0.1, 0.15) is 6.92 Å². The number of hydrogen-bond donors (Lipinski definition) is 1. The lowest BCUT2D eigenvalue weighted by Crippen LogP contribution is -2.46. The Morgan fingerprint density at radius 3 is 2.71 bits per heavy atom. The van der Waals surface area contributed by atoms with E-state index >= 15 is 0 Å². The molecule has 96 valence electrons. The van der Waals surface area contributed by atoms with Crippen LogP contribution >= 0.6 is 23.1 Å². The monoisotopic (exact) mass is 273 g/mol. The van der Waals surface area contributed by atoms with Crippen molar-refractivity contribution in [2.75, 3.05) is 49.9 Å². The normalized spacial score (nSPS) is 17.6. The molecule has 0 spiro atoms. The van der Waals surface area contributed by atoms with Crippen molar-refractivity contribution in [3.05, 3.63) is 0 Å². The van der Waals surface area contributed by atoms with E-state index in [1.807, 2.05) is 0 Å². The summed E-state index contributed by atoms with van der Waals surface area (Å²) in [5.74, 6) is 0.915. The number of nitrogens with zero attached hydrogens (tertiary/aromatic N) is 4. The maximum Gasteiger partial charge on any atom is 0.209 e. The van der Waals surface area contributed by atoms with Crippen molar-refractivity contribution < 1.29 is 0 Å². The molecule has 2 rings (SSSR count). The van der Waals surface area contributed by atoms with E-state index in [0.29, 0.717) is 6.54 Å². The topological polar surface area (TPSA) is 58.3 Å². The Bertz CT molecular complexity index is 335. The van der Waals surface area contributed by atoms with Gasteiger partial charge in [0.2, 0.25) is 5.13 Å². The van der Waals surface area contributed by atoms with Gasteiger partial charge < -0.3 is 15.5 Å². The fourth-order valence-corrected chi connectivity index (χ4v) is 3.52. The van der Waals surface area contributed by atoms with Gasteiger partial charge in [-0.1, -0.05) is 30.0 Å². The lowest BCUT2D eigenvalue weighted by molar-refractivity contribution is 0.271. The average molecular weight is 273 g/mol. The van der Waals surface area contributed by atoms with E-state index in [9.17, 15) is 0 Å². The van der Waals surface area contributed by atoms with E-state index in [4.69, 9.17) is 5.73 Å². The van der Waals surface area contributed by atoms with Gasteiger partial charge in [0, 0.05) is 38.5 Å². The number of likely N-dealkylation sites (N-methyl/N-ethyl adjacent to an activating group) is 1. The van der Waals surface area contributed by atoms with Crippen molar-refractivity contribution in [3.8, 4) is 0 Å². The number of rotatable bonds is 5. The smallest absolute Gasteiger partial charge is 0.209 e. The second kappa shape index (κ2) is 6.53. The fraction of sp³-hybridized carbons (Fsp3) is 0.800. The molecule has 1 aliphatic heterocycles. The van der Waals surface area contributed by atoms with Gasteiger partial charge in [0.25, 0.3) is 0 Å². The molecular formula is C10H19N5S2. The summed E-state index contributed by atoms with van der Waals surface area (Å²) in [5.41, 5.74) is 5.48. The van der Waals surface area contributed by atoms with Crippen molar-refractivity contribution in [2.24, 2.45) is 5.73 Å². The third-order valence-electron chi connectivity index (χ3n) is 2.83. The molecule has 0 aromatic carbocycles. The van der Waals surface area contributed by atoms with Gasteiger partial charge in [-0.25, -0.2) is 0 Å². The van der Waals surface area contributed by atoms with E-state index in [1.54, 1.807) is 23.1 Å². The van der Waals surface area contributed by atoms with Gasteiger partial charge in [0.15, 0.2) is 4.34 Å². The van der Waals surface area contributed by atoms with Gasteiger partial charge in [-0.15, -0.1) is 10.2 Å². The first kappa shape index (κ1) is 13.1. The van der Waals surface area contributed by atoms with Crippen molar-refractivity contribution in [1.29, 1.82) is 0 Å². The molecule has 0 saturated carbocycles. The maximum absolute atomic E-state index is 5.48. The first-order valence-electron chi connectivity index (χ1n) is 5.97. The van der Waals surface area contributed by atoms with Gasteiger partial charge >= 0.3 is 0 Å². The van der Waals surface area contributed by atoms with E-state index in [2.05, 4.69) is 26.9 Å². The summed E-state index contributed by atoms with van der Waals surface area (Å²) in [7, 11) is 0. The molecular weight excluding hydrogens is 254 g/mol. The first-order valence-corrected chi connectivity index (χ1v) is 7.77. The van der Waals surface area contributed by atoms with Crippen LogP contribution in [-0.4, -0.2) is 60.1 Å². The van der Waals surface area contributed by atoms with E-state index in [0.717, 1.165) is 47.9 Å². The molecule has 0 aliphatic carbocycles. The van der Waals surface area contributed by atoms with Crippen LogP contribution in [-0.2, 0) is 0 Å².